The van der Waals surface area contributed by atoms with Crippen molar-refractivity contribution >= 4 is 12.4 Å². The zero-order chi connectivity index (χ0) is 12.9. The Morgan fingerprint density at radius 1 is 0.700 bits per heavy atom. The highest BCUT2D eigenvalue weighted by Crippen LogP contribution is 2.42. The van der Waals surface area contributed by atoms with Crippen LogP contribution in [0.1, 0.15) is 83.5 Å². The number of rotatable bonds is 4. The van der Waals surface area contributed by atoms with Gasteiger partial charge in [-0.1, -0.05) is 64.2 Å². The van der Waals surface area contributed by atoms with Crippen molar-refractivity contribution < 1.29 is 0 Å². The van der Waals surface area contributed by atoms with Crippen molar-refractivity contribution in [2.45, 2.75) is 89.5 Å². The van der Waals surface area contributed by atoms with Crippen molar-refractivity contribution in [1.29, 1.82) is 0 Å². The van der Waals surface area contributed by atoms with Crippen molar-refractivity contribution in [3.05, 3.63) is 0 Å². The van der Waals surface area contributed by atoms with Crippen LogP contribution < -0.4 is 5.32 Å². The van der Waals surface area contributed by atoms with Gasteiger partial charge in [-0.2, -0.15) is 0 Å². The number of halogens is 1. The quantitative estimate of drug-likeness (QED) is 0.740. The molecule has 0 amide bonds. The van der Waals surface area contributed by atoms with E-state index >= 15 is 0 Å². The predicted octanol–water partition coefficient (Wildman–Crippen LogP) is 5.33. The highest BCUT2D eigenvalue weighted by molar-refractivity contribution is 5.85. The van der Waals surface area contributed by atoms with Gasteiger partial charge in [-0.3, -0.25) is 0 Å². The highest BCUT2D eigenvalue weighted by atomic mass is 35.5. The van der Waals surface area contributed by atoms with Gasteiger partial charge in [0.2, 0.25) is 0 Å². The summed E-state index contributed by atoms with van der Waals surface area (Å²) < 4.78 is 0. The maximum Gasteiger partial charge on any atom is 0.00703 e. The Hall–Kier alpha value is 0.250. The molecule has 3 fully saturated rings. The maximum absolute atomic E-state index is 3.77. The highest BCUT2D eigenvalue weighted by Gasteiger charge is 2.33. The standard InChI is InChI=1S/C18H33N.ClH/c1-3-8-15(9-4-1)18(14-17-12-7-13-19-17)16-10-5-2-6-11-16;/h15-19H,1-14H2;1H. The van der Waals surface area contributed by atoms with Gasteiger partial charge in [-0.15, -0.1) is 12.4 Å². The Morgan fingerprint density at radius 3 is 1.70 bits per heavy atom. The van der Waals surface area contributed by atoms with Crippen molar-refractivity contribution in [2.75, 3.05) is 6.54 Å². The van der Waals surface area contributed by atoms with Gasteiger partial charge >= 0.3 is 0 Å². The molecule has 3 rings (SSSR count). The SMILES string of the molecule is C1CCC(C(CC2CCCN2)C2CCCCC2)CC1.Cl. The summed E-state index contributed by atoms with van der Waals surface area (Å²) in [5, 5.41) is 3.77. The first-order valence-corrected chi connectivity index (χ1v) is 9.17. The number of hydrogen-bond donors (Lipinski definition) is 1. The van der Waals surface area contributed by atoms with Gasteiger partial charge in [0.1, 0.15) is 0 Å². The Balaban J connectivity index is 0.00000147. The Morgan fingerprint density at radius 2 is 1.25 bits per heavy atom. The van der Waals surface area contributed by atoms with E-state index in [0.29, 0.717) is 0 Å². The minimum Gasteiger partial charge on any atom is -0.314 e. The summed E-state index contributed by atoms with van der Waals surface area (Å²) >= 11 is 0. The molecule has 1 nitrogen and oxygen atoms in total. The molecule has 0 aromatic rings. The van der Waals surface area contributed by atoms with E-state index in [9.17, 15) is 0 Å². The molecule has 1 heterocycles. The fourth-order valence-electron chi connectivity index (χ4n) is 5.18. The Labute approximate surface area is 132 Å². The molecule has 1 atom stereocenters. The van der Waals surface area contributed by atoms with Gasteiger partial charge in [-0.05, 0) is 43.6 Å². The second kappa shape index (κ2) is 8.63. The van der Waals surface area contributed by atoms with E-state index in [2.05, 4.69) is 5.32 Å². The van der Waals surface area contributed by atoms with Crippen LogP contribution in [-0.4, -0.2) is 12.6 Å². The lowest BCUT2D eigenvalue weighted by Crippen LogP contribution is -2.33. The molecule has 0 bridgehead atoms. The summed E-state index contributed by atoms with van der Waals surface area (Å²) in [4.78, 5) is 0. The molecule has 20 heavy (non-hydrogen) atoms. The van der Waals surface area contributed by atoms with E-state index in [0.717, 1.165) is 23.8 Å². The van der Waals surface area contributed by atoms with Gasteiger partial charge in [0.05, 0.1) is 0 Å². The summed E-state index contributed by atoms with van der Waals surface area (Å²) in [6.45, 7) is 1.28. The van der Waals surface area contributed by atoms with E-state index in [1.54, 1.807) is 25.7 Å². The number of hydrogen-bond acceptors (Lipinski definition) is 1. The first-order chi connectivity index (χ1) is 9.43. The summed E-state index contributed by atoms with van der Waals surface area (Å²) in [7, 11) is 0. The normalized spacial score (nSPS) is 29.6. The third-order valence-electron chi connectivity index (χ3n) is 6.23. The average Bonchev–Trinajstić information content (AvgIpc) is 3.00. The summed E-state index contributed by atoms with van der Waals surface area (Å²) in [6.07, 6.45) is 19.7. The molecular weight excluding hydrogens is 266 g/mol. The largest absolute Gasteiger partial charge is 0.314 e. The van der Waals surface area contributed by atoms with Crippen LogP contribution in [0.15, 0.2) is 0 Å². The number of nitrogens with one attached hydrogen (secondary N) is 1. The van der Waals surface area contributed by atoms with Crippen LogP contribution in [-0.2, 0) is 0 Å². The minimum atomic E-state index is 0. The van der Waals surface area contributed by atoms with Crippen LogP contribution in [0.2, 0.25) is 0 Å². The topological polar surface area (TPSA) is 12.0 Å². The first-order valence-electron chi connectivity index (χ1n) is 9.17. The van der Waals surface area contributed by atoms with Gasteiger partial charge < -0.3 is 5.32 Å². The molecule has 2 aliphatic carbocycles. The van der Waals surface area contributed by atoms with Crippen LogP contribution in [0.3, 0.4) is 0 Å². The van der Waals surface area contributed by atoms with E-state index in [-0.39, 0.29) is 12.4 Å². The molecule has 2 heteroatoms. The summed E-state index contributed by atoms with van der Waals surface area (Å²) in [6, 6.07) is 0.869. The van der Waals surface area contributed by atoms with Crippen molar-refractivity contribution in [1.82, 2.24) is 5.32 Å². The molecule has 118 valence electrons. The lowest BCUT2D eigenvalue weighted by molar-refractivity contribution is 0.125. The van der Waals surface area contributed by atoms with Gasteiger partial charge in [-0.25, -0.2) is 0 Å². The van der Waals surface area contributed by atoms with Crippen LogP contribution in [0, 0.1) is 17.8 Å². The Bertz CT molecular complexity index is 232. The smallest absolute Gasteiger partial charge is 0.00703 e. The third-order valence-corrected chi connectivity index (χ3v) is 6.23. The monoisotopic (exact) mass is 299 g/mol. The fraction of sp³-hybridized carbons (Fsp3) is 1.00. The lowest BCUT2D eigenvalue weighted by Gasteiger charge is -2.39. The summed E-state index contributed by atoms with van der Waals surface area (Å²) in [5.41, 5.74) is 0. The second-order valence-electron chi connectivity index (χ2n) is 7.49. The zero-order valence-corrected chi connectivity index (χ0v) is 13.9. The lowest BCUT2D eigenvalue weighted by atomic mass is 9.67. The summed E-state index contributed by atoms with van der Waals surface area (Å²) in [5.74, 6) is 3.23. The molecular formula is C18H34ClN. The zero-order valence-electron chi connectivity index (χ0n) is 13.1. The van der Waals surface area contributed by atoms with Crippen molar-refractivity contribution in [2.24, 2.45) is 17.8 Å². The van der Waals surface area contributed by atoms with Gasteiger partial charge in [0, 0.05) is 6.04 Å². The van der Waals surface area contributed by atoms with Crippen LogP contribution >= 0.6 is 12.4 Å². The molecule has 0 radical (unpaired) electrons. The van der Waals surface area contributed by atoms with Crippen LogP contribution in [0.25, 0.3) is 0 Å². The Kier molecular flexibility index (Phi) is 7.17. The molecule has 0 spiro atoms. The first kappa shape index (κ1) is 16.6. The molecule has 0 aromatic heterocycles. The van der Waals surface area contributed by atoms with Crippen LogP contribution in [0.5, 0.6) is 0 Å². The minimum absolute atomic E-state index is 0. The fourth-order valence-corrected chi connectivity index (χ4v) is 5.18. The van der Waals surface area contributed by atoms with Gasteiger partial charge in [0.15, 0.2) is 0 Å². The van der Waals surface area contributed by atoms with E-state index in [1.807, 2.05) is 0 Å². The van der Waals surface area contributed by atoms with E-state index < -0.39 is 0 Å². The van der Waals surface area contributed by atoms with E-state index in [4.69, 9.17) is 0 Å². The molecule has 1 aliphatic heterocycles. The van der Waals surface area contributed by atoms with Gasteiger partial charge in [0.25, 0.3) is 0 Å². The molecule has 3 aliphatic rings. The van der Waals surface area contributed by atoms with Crippen molar-refractivity contribution in [3.8, 4) is 0 Å². The average molecular weight is 300 g/mol. The van der Waals surface area contributed by atoms with E-state index in [1.165, 1.54) is 64.3 Å². The molecule has 1 saturated heterocycles. The second-order valence-corrected chi connectivity index (χ2v) is 7.49. The third kappa shape index (κ3) is 4.37. The molecule has 0 aromatic carbocycles. The molecule has 1 unspecified atom stereocenters. The van der Waals surface area contributed by atoms with Crippen molar-refractivity contribution in [3.63, 3.8) is 0 Å². The molecule has 2 saturated carbocycles. The maximum atomic E-state index is 3.77. The molecule has 1 N–H and O–H groups in total. The predicted molar refractivity (Wildman–Crippen MR) is 89.5 cm³/mol. The van der Waals surface area contributed by atoms with Crippen LogP contribution in [0.4, 0.5) is 0 Å².